The first-order chi connectivity index (χ1) is 5.54. The Hall–Kier alpha value is -0.710. The minimum Gasteiger partial charge on any atom is -0.504 e. The van der Waals surface area contributed by atoms with E-state index in [0.717, 1.165) is 12.1 Å². The molecule has 0 aliphatic rings. The molecule has 1 rings (SSSR count). The normalized spacial score (nSPS) is 10.8. The second kappa shape index (κ2) is 3.35. The molecule has 0 aliphatic carbocycles. The maximum absolute atomic E-state index is 12.5. The Bertz CT molecular complexity index is 301. The Morgan fingerprint density at radius 1 is 1.33 bits per heavy atom. The van der Waals surface area contributed by atoms with Gasteiger partial charge in [0.25, 0.3) is 6.43 Å². The first-order valence-corrected chi connectivity index (χ1v) is 3.78. The number of phenols is 1. The van der Waals surface area contributed by atoms with Crippen molar-refractivity contribution in [2.75, 3.05) is 0 Å². The lowest BCUT2D eigenvalue weighted by molar-refractivity contribution is 0.145. The Kier molecular flexibility index (Phi) is 2.62. The molecule has 5 heteroatoms. The van der Waals surface area contributed by atoms with E-state index >= 15 is 0 Å². The maximum Gasteiger partial charge on any atom is 0.268 e. The van der Waals surface area contributed by atoms with Crippen LogP contribution in [0.1, 0.15) is 12.0 Å². The fourth-order valence-electron chi connectivity index (χ4n) is 0.764. The SMILES string of the molecule is Oc1c(F)ccc(Br)c1C(F)F. The summed E-state index contributed by atoms with van der Waals surface area (Å²) in [6, 6.07) is 2.03. The van der Waals surface area contributed by atoms with E-state index in [2.05, 4.69) is 15.9 Å². The van der Waals surface area contributed by atoms with Crippen LogP contribution in [0.15, 0.2) is 16.6 Å². The molecule has 0 spiro atoms. The zero-order chi connectivity index (χ0) is 9.30. The van der Waals surface area contributed by atoms with E-state index in [1.807, 2.05) is 0 Å². The van der Waals surface area contributed by atoms with E-state index in [0.29, 0.717) is 0 Å². The molecule has 0 bridgehead atoms. The molecule has 12 heavy (non-hydrogen) atoms. The number of hydrogen-bond donors (Lipinski definition) is 1. The van der Waals surface area contributed by atoms with E-state index in [9.17, 15) is 13.2 Å². The van der Waals surface area contributed by atoms with Crippen molar-refractivity contribution in [2.45, 2.75) is 6.43 Å². The monoisotopic (exact) mass is 240 g/mol. The summed E-state index contributed by atoms with van der Waals surface area (Å²) in [6.45, 7) is 0. The lowest BCUT2D eigenvalue weighted by Crippen LogP contribution is -1.90. The van der Waals surface area contributed by atoms with Gasteiger partial charge in [0.2, 0.25) is 0 Å². The van der Waals surface area contributed by atoms with Crippen molar-refractivity contribution in [1.82, 2.24) is 0 Å². The number of aromatic hydroxyl groups is 1. The molecule has 0 atom stereocenters. The number of phenolic OH excluding ortho intramolecular Hbond substituents is 1. The van der Waals surface area contributed by atoms with Gasteiger partial charge in [-0.05, 0) is 12.1 Å². The van der Waals surface area contributed by atoms with Crippen LogP contribution in [0, 0.1) is 5.82 Å². The van der Waals surface area contributed by atoms with Gasteiger partial charge in [0.15, 0.2) is 11.6 Å². The summed E-state index contributed by atoms with van der Waals surface area (Å²) in [5.41, 5.74) is -0.713. The van der Waals surface area contributed by atoms with E-state index in [4.69, 9.17) is 5.11 Å². The first-order valence-electron chi connectivity index (χ1n) is 2.99. The molecule has 0 heterocycles. The van der Waals surface area contributed by atoms with Crippen LogP contribution < -0.4 is 0 Å². The van der Waals surface area contributed by atoms with Crippen molar-refractivity contribution in [3.8, 4) is 5.75 Å². The smallest absolute Gasteiger partial charge is 0.268 e. The quantitative estimate of drug-likeness (QED) is 0.800. The van der Waals surface area contributed by atoms with Crippen LogP contribution in [0.3, 0.4) is 0 Å². The third-order valence-corrected chi connectivity index (χ3v) is 2.02. The Morgan fingerprint density at radius 3 is 2.33 bits per heavy atom. The van der Waals surface area contributed by atoms with Gasteiger partial charge in [-0.3, -0.25) is 0 Å². The lowest BCUT2D eigenvalue weighted by Gasteiger charge is -2.05. The van der Waals surface area contributed by atoms with Crippen molar-refractivity contribution in [1.29, 1.82) is 0 Å². The predicted octanol–water partition coefficient (Wildman–Crippen LogP) is 3.23. The summed E-state index contributed by atoms with van der Waals surface area (Å²) in [7, 11) is 0. The summed E-state index contributed by atoms with van der Waals surface area (Å²) >= 11 is 2.78. The van der Waals surface area contributed by atoms with E-state index in [1.54, 1.807) is 0 Å². The zero-order valence-electron chi connectivity index (χ0n) is 5.69. The van der Waals surface area contributed by atoms with Gasteiger partial charge in [0.05, 0.1) is 5.56 Å². The molecule has 0 saturated carbocycles. The molecule has 1 aromatic rings. The van der Waals surface area contributed by atoms with Crippen LogP contribution in [-0.4, -0.2) is 5.11 Å². The summed E-state index contributed by atoms with van der Waals surface area (Å²) < 4.78 is 36.7. The highest BCUT2D eigenvalue weighted by Crippen LogP contribution is 2.36. The molecule has 1 nitrogen and oxygen atoms in total. The van der Waals surface area contributed by atoms with Crippen LogP contribution in [0.25, 0.3) is 0 Å². The number of alkyl halides is 2. The highest BCUT2D eigenvalue weighted by atomic mass is 79.9. The zero-order valence-corrected chi connectivity index (χ0v) is 7.28. The van der Waals surface area contributed by atoms with Gasteiger partial charge in [-0.2, -0.15) is 0 Å². The average Bonchev–Trinajstić information content (AvgIpc) is 1.97. The van der Waals surface area contributed by atoms with Gasteiger partial charge >= 0.3 is 0 Å². The predicted molar refractivity (Wildman–Crippen MR) is 40.7 cm³/mol. The highest BCUT2D eigenvalue weighted by molar-refractivity contribution is 9.10. The summed E-state index contributed by atoms with van der Waals surface area (Å²) in [5.74, 6) is -2.05. The molecule has 0 fully saturated rings. The van der Waals surface area contributed by atoms with Crippen LogP contribution >= 0.6 is 15.9 Å². The van der Waals surface area contributed by atoms with Gasteiger partial charge in [-0.15, -0.1) is 0 Å². The summed E-state index contributed by atoms with van der Waals surface area (Å²) in [4.78, 5) is 0. The first kappa shape index (κ1) is 9.38. The minimum absolute atomic E-state index is 0.00333. The van der Waals surface area contributed by atoms with E-state index in [-0.39, 0.29) is 4.47 Å². The van der Waals surface area contributed by atoms with Gasteiger partial charge in [0.1, 0.15) is 0 Å². The van der Waals surface area contributed by atoms with Crippen molar-refractivity contribution in [3.63, 3.8) is 0 Å². The average molecular weight is 241 g/mol. The molecule has 0 unspecified atom stereocenters. The fourth-order valence-corrected chi connectivity index (χ4v) is 1.26. The Labute approximate surface area is 75.0 Å². The van der Waals surface area contributed by atoms with Crippen molar-refractivity contribution < 1.29 is 18.3 Å². The van der Waals surface area contributed by atoms with Gasteiger partial charge < -0.3 is 5.11 Å². The minimum atomic E-state index is -2.89. The topological polar surface area (TPSA) is 20.2 Å². The molecule has 0 aromatic heterocycles. The Morgan fingerprint density at radius 2 is 1.92 bits per heavy atom. The number of benzene rings is 1. The Balaban J connectivity index is 3.33. The van der Waals surface area contributed by atoms with Gasteiger partial charge in [-0.25, -0.2) is 13.2 Å². The molecule has 0 amide bonds. The maximum atomic E-state index is 12.5. The number of hydrogen-bond acceptors (Lipinski definition) is 1. The molecule has 0 saturated heterocycles. The summed E-state index contributed by atoms with van der Waals surface area (Å²) in [5, 5.41) is 8.86. The molecular formula is C7H4BrF3O. The third-order valence-electron chi connectivity index (χ3n) is 1.33. The largest absolute Gasteiger partial charge is 0.504 e. The van der Waals surface area contributed by atoms with Crippen LogP contribution in [0.2, 0.25) is 0 Å². The molecule has 0 aliphatic heterocycles. The standard InChI is InChI=1S/C7H4BrF3O/c8-3-1-2-4(9)6(12)5(3)7(10)11/h1-2,7,12H. The van der Waals surface area contributed by atoms with Gasteiger partial charge in [-0.1, -0.05) is 15.9 Å². The van der Waals surface area contributed by atoms with Crippen molar-refractivity contribution in [2.24, 2.45) is 0 Å². The van der Waals surface area contributed by atoms with E-state index < -0.39 is 23.6 Å². The molecule has 1 N–H and O–H groups in total. The van der Waals surface area contributed by atoms with E-state index in [1.165, 1.54) is 0 Å². The van der Waals surface area contributed by atoms with Crippen molar-refractivity contribution >= 4 is 15.9 Å². The number of rotatable bonds is 1. The van der Waals surface area contributed by atoms with Crippen molar-refractivity contribution in [3.05, 3.63) is 28.0 Å². The molecule has 66 valence electrons. The fraction of sp³-hybridized carbons (Fsp3) is 0.143. The van der Waals surface area contributed by atoms with Crippen LogP contribution in [0.4, 0.5) is 13.2 Å². The second-order valence-corrected chi connectivity index (χ2v) is 2.95. The molecular weight excluding hydrogens is 237 g/mol. The van der Waals surface area contributed by atoms with Crippen LogP contribution in [-0.2, 0) is 0 Å². The molecule has 0 radical (unpaired) electrons. The summed E-state index contributed by atoms with van der Waals surface area (Å²) in [6.07, 6.45) is -2.89. The molecule has 1 aromatic carbocycles. The second-order valence-electron chi connectivity index (χ2n) is 2.09. The number of halogens is 4. The van der Waals surface area contributed by atoms with Gasteiger partial charge in [0, 0.05) is 4.47 Å². The highest BCUT2D eigenvalue weighted by Gasteiger charge is 2.19. The lowest BCUT2D eigenvalue weighted by atomic mass is 10.2. The third kappa shape index (κ3) is 1.55. The van der Waals surface area contributed by atoms with Crippen LogP contribution in [0.5, 0.6) is 5.75 Å².